The van der Waals surface area contributed by atoms with Crippen LogP contribution in [0.2, 0.25) is 0 Å². The van der Waals surface area contributed by atoms with Crippen molar-refractivity contribution in [2.75, 3.05) is 0 Å². The number of halogens is 2. The molecule has 1 aliphatic carbocycles. The highest BCUT2D eigenvalue weighted by atomic mass is 79.9. The summed E-state index contributed by atoms with van der Waals surface area (Å²) in [5, 5.41) is 7.73. The molecule has 0 radical (unpaired) electrons. The topological polar surface area (TPSA) is 80.4 Å². The Kier molecular flexibility index (Phi) is 6.92. The van der Waals surface area contributed by atoms with E-state index in [-0.39, 0.29) is 10.7 Å². The summed E-state index contributed by atoms with van der Waals surface area (Å²) >= 11 is 8.48. The quantitative estimate of drug-likeness (QED) is 0.776. The second-order valence-corrected chi connectivity index (χ2v) is 4.93. The second-order valence-electron chi connectivity index (χ2n) is 3.36. The van der Waals surface area contributed by atoms with Crippen LogP contribution in [0.3, 0.4) is 0 Å². The minimum absolute atomic E-state index is 0.368. The van der Waals surface area contributed by atoms with Gasteiger partial charge >= 0.3 is 5.97 Å². The molecule has 0 aliphatic heterocycles. The fourth-order valence-corrected chi connectivity index (χ4v) is 1.05. The Morgan fingerprint density at radius 3 is 2.13 bits per heavy atom. The van der Waals surface area contributed by atoms with E-state index in [1.807, 2.05) is 6.92 Å². The number of amides is 1. The van der Waals surface area contributed by atoms with E-state index >= 15 is 0 Å². The first kappa shape index (κ1) is 14.7. The second kappa shape index (κ2) is 7.06. The van der Waals surface area contributed by atoms with E-state index in [4.69, 9.17) is 22.4 Å². The Morgan fingerprint density at radius 2 is 2.07 bits per heavy atom. The van der Waals surface area contributed by atoms with Gasteiger partial charge in [0.25, 0.3) is 0 Å². The number of hydrogen-bond acceptors (Lipinski definition) is 2. The molecule has 2 atom stereocenters. The molecule has 0 aromatic rings. The minimum Gasteiger partial charge on any atom is -0.480 e. The van der Waals surface area contributed by atoms with Crippen molar-refractivity contribution in [1.29, 1.82) is 0 Å². The number of carbonyl (C=O) groups is 2. The number of hydrogen-bond donors (Lipinski definition) is 2. The molecule has 1 amide bonds. The molecule has 0 heterocycles. The molecule has 88 valence electrons. The molecule has 0 aromatic carbocycles. The van der Waals surface area contributed by atoms with Crippen molar-refractivity contribution in [3.8, 4) is 0 Å². The fourth-order valence-electron chi connectivity index (χ4n) is 0.796. The molecule has 0 saturated heterocycles. The highest BCUT2D eigenvalue weighted by Crippen LogP contribution is 2.35. The van der Waals surface area contributed by atoms with Crippen LogP contribution in [0.25, 0.3) is 0 Å². The van der Waals surface area contributed by atoms with Crippen molar-refractivity contribution in [2.24, 2.45) is 11.7 Å². The van der Waals surface area contributed by atoms with Gasteiger partial charge < -0.3 is 10.8 Å². The van der Waals surface area contributed by atoms with Gasteiger partial charge in [0.2, 0.25) is 5.91 Å². The number of nitrogens with two attached hydrogens (primary N) is 1. The number of carbonyl (C=O) groups excluding carboxylic acids is 1. The third kappa shape index (κ3) is 6.73. The monoisotopic (exact) mass is 299 g/mol. The predicted molar refractivity (Wildman–Crippen MR) is 62.2 cm³/mol. The molecule has 0 bridgehead atoms. The summed E-state index contributed by atoms with van der Waals surface area (Å²) in [6.07, 6.45) is 2.77. The van der Waals surface area contributed by atoms with E-state index in [0.717, 1.165) is 12.8 Å². The number of carboxylic acids is 1. The molecule has 6 heteroatoms. The predicted octanol–water partition coefficient (Wildman–Crippen LogP) is 1.73. The van der Waals surface area contributed by atoms with Crippen LogP contribution in [0.15, 0.2) is 0 Å². The Bertz CT molecular complexity index is 233. The van der Waals surface area contributed by atoms with E-state index in [9.17, 15) is 9.59 Å². The van der Waals surface area contributed by atoms with Crippen LogP contribution in [0.1, 0.15) is 26.2 Å². The lowest BCUT2D eigenvalue weighted by Gasteiger charge is -1.98. The highest BCUT2D eigenvalue weighted by molar-refractivity contribution is 9.10. The van der Waals surface area contributed by atoms with Gasteiger partial charge in [-0.3, -0.25) is 9.59 Å². The zero-order valence-corrected chi connectivity index (χ0v) is 10.8. The minimum atomic E-state index is -0.789. The number of primary amides is 1. The van der Waals surface area contributed by atoms with Gasteiger partial charge in [-0.15, -0.1) is 11.6 Å². The third-order valence-electron chi connectivity index (χ3n) is 1.93. The van der Waals surface area contributed by atoms with Gasteiger partial charge in [-0.05, 0) is 25.2 Å². The fraction of sp³-hybridized carbons (Fsp3) is 0.778. The first-order chi connectivity index (χ1) is 6.90. The zero-order valence-electron chi connectivity index (χ0n) is 8.45. The third-order valence-corrected chi connectivity index (χ3v) is 3.54. The largest absolute Gasteiger partial charge is 0.480 e. The van der Waals surface area contributed by atoms with Gasteiger partial charge in [0.1, 0.15) is 10.2 Å². The molecule has 0 aromatic heterocycles. The maximum atomic E-state index is 10.3. The molecular weight excluding hydrogens is 285 g/mol. The maximum Gasteiger partial charge on any atom is 0.317 e. The standard InChI is InChI=1S/C5H8ClNO.C4H7BrO2/c6-4(5(7)8)3-1-2-3;1-2-3(5)4(6)7/h3-4H,1-2H2,(H2,7,8);3H,2H2,1H3,(H,6,7). The molecule has 4 nitrogen and oxygen atoms in total. The number of aliphatic carboxylic acids is 1. The summed E-state index contributed by atoms with van der Waals surface area (Å²) in [6.45, 7) is 1.81. The van der Waals surface area contributed by atoms with Crippen molar-refractivity contribution in [1.82, 2.24) is 0 Å². The van der Waals surface area contributed by atoms with E-state index in [0.29, 0.717) is 12.3 Å². The Labute approximate surface area is 102 Å². The normalized spacial score (nSPS) is 18.3. The van der Waals surface area contributed by atoms with Crippen LogP contribution in [0, 0.1) is 5.92 Å². The smallest absolute Gasteiger partial charge is 0.317 e. The van der Waals surface area contributed by atoms with Crippen molar-refractivity contribution in [3.63, 3.8) is 0 Å². The summed E-state index contributed by atoms with van der Waals surface area (Å²) in [7, 11) is 0. The molecule has 1 fully saturated rings. The lowest BCUT2D eigenvalue weighted by atomic mass is 10.3. The zero-order chi connectivity index (χ0) is 12.0. The van der Waals surface area contributed by atoms with Crippen LogP contribution in [-0.4, -0.2) is 27.2 Å². The van der Waals surface area contributed by atoms with Crippen molar-refractivity contribution < 1.29 is 14.7 Å². The van der Waals surface area contributed by atoms with Crippen molar-refractivity contribution >= 4 is 39.4 Å². The molecule has 3 N–H and O–H groups in total. The Hall–Kier alpha value is -0.290. The molecular formula is C9H15BrClNO3. The molecule has 0 spiro atoms. The van der Waals surface area contributed by atoms with Crippen molar-refractivity contribution in [2.45, 2.75) is 36.4 Å². The van der Waals surface area contributed by atoms with Gasteiger partial charge in [-0.1, -0.05) is 22.9 Å². The summed E-state index contributed by atoms with van der Waals surface area (Å²) in [5.74, 6) is -0.786. The average Bonchev–Trinajstić information content (AvgIpc) is 2.99. The van der Waals surface area contributed by atoms with E-state index in [2.05, 4.69) is 15.9 Å². The first-order valence-corrected chi connectivity index (χ1v) is 6.05. The van der Waals surface area contributed by atoms with Gasteiger partial charge in [-0.25, -0.2) is 0 Å². The lowest BCUT2D eigenvalue weighted by Crippen LogP contribution is -2.24. The maximum absolute atomic E-state index is 10.3. The van der Waals surface area contributed by atoms with Crippen molar-refractivity contribution in [3.05, 3.63) is 0 Å². The van der Waals surface area contributed by atoms with Crippen LogP contribution in [-0.2, 0) is 9.59 Å². The van der Waals surface area contributed by atoms with Crippen LogP contribution >= 0.6 is 27.5 Å². The Balaban J connectivity index is 0.000000265. The lowest BCUT2D eigenvalue weighted by molar-refractivity contribution is -0.136. The van der Waals surface area contributed by atoms with Crippen LogP contribution in [0.5, 0.6) is 0 Å². The first-order valence-electron chi connectivity index (χ1n) is 4.70. The van der Waals surface area contributed by atoms with E-state index in [1.165, 1.54) is 0 Å². The number of rotatable bonds is 4. The highest BCUT2D eigenvalue weighted by Gasteiger charge is 2.33. The average molecular weight is 301 g/mol. The summed E-state index contributed by atoms with van der Waals surface area (Å²) in [4.78, 5) is 19.8. The summed E-state index contributed by atoms with van der Waals surface area (Å²) < 4.78 is 0. The van der Waals surface area contributed by atoms with Crippen LogP contribution in [0.4, 0.5) is 0 Å². The van der Waals surface area contributed by atoms with E-state index in [1.54, 1.807) is 0 Å². The molecule has 1 saturated carbocycles. The van der Waals surface area contributed by atoms with E-state index < -0.39 is 11.3 Å². The van der Waals surface area contributed by atoms with Crippen LogP contribution < -0.4 is 5.73 Å². The molecule has 15 heavy (non-hydrogen) atoms. The summed E-state index contributed by atoms with van der Waals surface area (Å²) in [5.41, 5.74) is 4.91. The Morgan fingerprint density at radius 1 is 1.60 bits per heavy atom. The summed E-state index contributed by atoms with van der Waals surface area (Å²) in [6, 6.07) is 0. The molecule has 1 rings (SSSR count). The number of alkyl halides is 2. The molecule has 2 unspecified atom stereocenters. The molecule has 1 aliphatic rings. The van der Waals surface area contributed by atoms with Gasteiger partial charge in [0, 0.05) is 0 Å². The van der Waals surface area contributed by atoms with Gasteiger partial charge in [0.15, 0.2) is 0 Å². The SMILES string of the molecule is CCC(Br)C(=O)O.NC(=O)C(Cl)C1CC1. The van der Waals surface area contributed by atoms with Gasteiger partial charge in [0.05, 0.1) is 0 Å². The van der Waals surface area contributed by atoms with Gasteiger partial charge in [-0.2, -0.15) is 0 Å². The number of carboxylic acid groups (broad SMARTS) is 1.